The summed E-state index contributed by atoms with van der Waals surface area (Å²) in [5.74, 6) is 2.68. The summed E-state index contributed by atoms with van der Waals surface area (Å²) in [7, 11) is 3.28. The molecule has 128 valence electrons. The van der Waals surface area contributed by atoms with Crippen molar-refractivity contribution < 1.29 is 9.47 Å². The Morgan fingerprint density at radius 1 is 0.880 bits per heavy atom. The molecule has 0 aliphatic heterocycles. The van der Waals surface area contributed by atoms with Gasteiger partial charge >= 0.3 is 0 Å². The Kier molecular flexibility index (Phi) is 5.26. The van der Waals surface area contributed by atoms with Gasteiger partial charge in [0.15, 0.2) is 5.82 Å². The molecule has 2 aromatic carbocycles. The minimum absolute atomic E-state index is 0.421. The van der Waals surface area contributed by atoms with E-state index in [0.29, 0.717) is 18.3 Å². The number of nitrogens with one attached hydrogen (secondary N) is 2. The second-order valence-corrected chi connectivity index (χ2v) is 5.22. The molecule has 0 atom stereocenters. The van der Waals surface area contributed by atoms with Crippen molar-refractivity contribution in [2.75, 3.05) is 24.9 Å². The quantitative estimate of drug-likeness (QED) is 0.685. The topological polar surface area (TPSA) is 81.2 Å². The summed E-state index contributed by atoms with van der Waals surface area (Å²) in [6.45, 7) is 0.630. The van der Waals surface area contributed by atoms with Crippen LogP contribution in [0, 0.1) is 0 Å². The van der Waals surface area contributed by atoms with Crippen LogP contribution >= 0.6 is 0 Å². The highest BCUT2D eigenvalue weighted by molar-refractivity contribution is 5.55. The number of hydrogen-bond donors (Lipinski definition) is 2. The number of benzene rings is 2. The average molecular weight is 337 g/mol. The molecule has 0 saturated heterocycles. The molecule has 0 saturated carbocycles. The van der Waals surface area contributed by atoms with Crippen LogP contribution < -0.4 is 20.1 Å². The van der Waals surface area contributed by atoms with Crippen LogP contribution in [0.2, 0.25) is 0 Å². The molecule has 0 radical (unpaired) electrons. The SMILES string of the molecule is COc1ccc(CNc2cnnc(Nc3ccc(OC)cc3)n2)cc1. The molecule has 0 spiro atoms. The van der Waals surface area contributed by atoms with E-state index in [1.54, 1.807) is 20.4 Å². The maximum Gasteiger partial charge on any atom is 0.249 e. The molecule has 3 rings (SSSR count). The Balaban J connectivity index is 1.62. The zero-order valence-electron chi connectivity index (χ0n) is 14.1. The van der Waals surface area contributed by atoms with Gasteiger partial charge in [-0.2, -0.15) is 10.1 Å². The van der Waals surface area contributed by atoms with Gasteiger partial charge in [-0.05, 0) is 42.0 Å². The van der Waals surface area contributed by atoms with E-state index in [4.69, 9.17) is 9.47 Å². The van der Waals surface area contributed by atoms with Gasteiger partial charge in [0.1, 0.15) is 11.5 Å². The second kappa shape index (κ2) is 7.96. The highest BCUT2D eigenvalue weighted by atomic mass is 16.5. The Hall–Kier alpha value is -3.35. The minimum Gasteiger partial charge on any atom is -0.497 e. The molecule has 1 heterocycles. The third-order valence-corrected chi connectivity index (χ3v) is 3.54. The van der Waals surface area contributed by atoms with Crippen molar-refractivity contribution in [1.82, 2.24) is 15.2 Å². The van der Waals surface area contributed by atoms with Crippen LogP contribution in [-0.2, 0) is 6.54 Å². The van der Waals surface area contributed by atoms with Gasteiger partial charge in [-0.25, -0.2) is 0 Å². The molecule has 0 bridgehead atoms. The first-order valence-electron chi connectivity index (χ1n) is 7.74. The Labute approximate surface area is 146 Å². The molecular formula is C18H19N5O2. The van der Waals surface area contributed by atoms with Crippen LogP contribution in [0.4, 0.5) is 17.5 Å². The van der Waals surface area contributed by atoms with E-state index in [1.807, 2.05) is 48.5 Å². The fourth-order valence-corrected chi connectivity index (χ4v) is 2.18. The predicted octanol–water partition coefficient (Wildman–Crippen LogP) is 3.24. The van der Waals surface area contributed by atoms with Crippen LogP contribution in [0.15, 0.2) is 54.7 Å². The van der Waals surface area contributed by atoms with Gasteiger partial charge in [-0.1, -0.05) is 12.1 Å². The zero-order valence-corrected chi connectivity index (χ0v) is 14.1. The van der Waals surface area contributed by atoms with Crippen molar-refractivity contribution in [2.24, 2.45) is 0 Å². The van der Waals surface area contributed by atoms with Gasteiger partial charge in [0.25, 0.3) is 0 Å². The lowest BCUT2D eigenvalue weighted by atomic mass is 10.2. The van der Waals surface area contributed by atoms with Crippen LogP contribution in [0.3, 0.4) is 0 Å². The molecule has 25 heavy (non-hydrogen) atoms. The van der Waals surface area contributed by atoms with Crippen LogP contribution in [-0.4, -0.2) is 29.4 Å². The van der Waals surface area contributed by atoms with E-state index >= 15 is 0 Å². The molecule has 7 heteroatoms. The summed E-state index contributed by atoms with van der Waals surface area (Å²) in [6, 6.07) is 15.3. The first kappa shape index (κ1) is 16.5. The number of ether oxygens (including phenoxy) is 2. The van der Waals surface area contributed by atoms with Crippen molar-refractivity contribution >= 4 is 17.5 Å². The van der Waals surface area contributed by atoms with Crippen molar-refractivity contribution in [1.29, 1.82) is 0 Å². The Morgan fingerprint density at radius 3 is 2.16 bits per heavy atom. The Morgan fingerprint density at radius 2 is 1.52 bits per heavy atom. The average Bonchev–Trinajstić information content (AvgIpc) is 2.68. The lowest BCUT2D eigenvalue weighted by molar-refractivity contribution is 0.414. The molecule has 0 fully saturated rings. The van der Waals surface area contributed by atoms with Gasteiger partial charge in [-0.15, -0.1) is 5.10 Å². The predicted molar refractivity (Wildman–Crippen MR) is 96.4 cm³/mol. The van der Waals surface area contributed by atoms with Crippen LogP contribution in [0.5, 0.6) is 11.5 Å². The van der Waals surface area contributed by atoms with Crippen molar-refractivity contribution in [3.63, 3.8) is 0 Å². The summed E-state index contributed by atoms with van der Waals surface area (Å²) in [4.78, 5) is 4.41. The highest BCUT2D eigenvalue weighted by Crippen LogP contribution is 2.18. The van der Waals surface area contributed by atoms with E-state index in [0.717, 1.165) is 22.7 Å². The smallest absolute Gasteiger partial charge is 0.249 e. The number of methoxy groups -OCH3 is 2. The van der Waals surface area contributed by atoms with Gasteiger partial charge in [0.05, 0.1) is 20.4 Å². The van der Waals surface area contributed by atoms with Crippen molar-refractivity contribution in [3.8, 4) is 11.5 Å². The summed E-state index contributed by atoms with van der Waals surface area (Å²) < 4.78 is 10.3. The summed E-state index contributed by atoms with van der Waals surface area (Å²) in [6.07, 6.45) is 1.59. The normalized spacial score (nSPS) is 10.2. The highest BCUT2D eigenvalue weighted by Gasteiger charge is 2.02. The van der Waals surface area contributed by atoms with Gasteiger partial charge in [-0.3, -0.25) is 0 Å². The first-order chi connectivity index (χ1) is 12.3. The van der Waals surface area contributed by atoms with Gasteiger partial charge in [0, 0.05) is 12.2 Å². The van der Waals surface area contributed by atoms with Gasteiger partial charge < -0.3 is 20.1 Å². The molecule has 1 aromatic heterocycles. The van der Waals surface area contributed by atoms with Gasteiger partial charge in [0.2, 0.25) is 5.95 Å². The maximum absolute atomic E-state index is 5.15. The number of hydrogen-bond acceptors (Lipinski definition) is 7. The standard InChI is InChI=1S/C18H19N5O2/c1-24-15-7-3-13(4-8-15)11-19-17-12-20-23-18(22-17)21-14-5-9-16(25-2)10-6-14/h3-10,12H,11H2,1-2H3,(H2,19,21,22,23). The lowest BCUT2D eigenvalue weighted by Crippen LogP contribution is -2.05. The molecule has 0 aliphatic rings. The third-order valence-electron chi connectivity index (χ3n) is 3.54. The maximum atomic E-state index is 5.15. The number of aromatic nitrogens is 3. The molecule has 7 nitrogen and oxygen atoms in total. The largest absolute Gasteiger partial charge is 0.497 e. The van der Waals surface area contributed by atoms with E-state index in [2.05, 4.69) is 25.8 Å². The molecule has 0 amide bonds. The molecule has 2 N–H and O–H groups in total. The van der Waals surface area contributed by atoms with E-state index in [-0.39, 0.29) is 0 Å². The van der Waals surface area contributed by atoms with Crippen molar-refractivity contribution in [3.05, 3.63) is 60.3 Å². The second-order valence-electron chi connectivity index (χ2n) is 5.22. The lowest BCUT2D eigenvalue weighted by Gasteiger charge is -2.08. The third kappa shape index (κ3) is 4.57. The van der Waals surface area contributed by atoms with Crippen LogP contribution in [0.25, 0.3) is 0 Å². The summed E-state index contributed by atoms with van der Waals surface area (Å²) in [5.41, 5.74) is 1.97. The fourth-order valence-electron chi connectivity index (χ4n) is 2.18. The monoisotopic (exact) mass is 337 g/mol. The number of anilines is 3. The molecule has 3 aromatic rings. The van der Waals surface area contributed by atoms with E-state index < -0.39 is 0 Å². The number of rotatable bonds is 7. The van der Waals surface area contributed by atoms with Crippen molar-refractivity contribution in [2.45, 2.75) is 6.54 Å². The summed E-state index contributed by atoms with van der Waals surface area (Å²) in [5, 5.41) is 14.3. The zero-order chi connectivity index (χ0) is 17.5. The first-order valence-corrected chi connectivity index (χ1v) is 7.74. The Bertz CT molecular complexity index is 806. The van der Waals surface area contributed by atoms with Crippen LogP contribution in [0.1, 0.15) is 5.56 Å². The molecular weight excluding hydrogens is 318 g/mol. The summed E-state index contributed by atoms with van der Waals surface area (Å²) >= 11 is 0. The minimum atomic E-state index is 0.421. The van der Waals surface area contributed by atoms with E-state index in [9.17, 15) is 0 Å². The fraction of sp³-hybridized carbons (Fsp3) is 0.167. The molecule has 0 unspecified atom stereocenters. The number of nitrogens with zero attached hydrogens (tertiary/aromatic N) is 3. The van der Waals surface area contributed by atoms with E-state index in [1.165, 1.54) is 0 Å². The molecule has 0 aliphatic carbocycles.